The van der Waals surface area contributed by atoms with Crippen LogP contribution in [0.15, 0.2) is 91.1 Å². The van der Waals surface area contributed by atoms with Crippen LogP contribution in [0.1, 0.15) is 0 Å². The molecule has 138 valence electrons. The van der Waals surface area contributed by atoms with E-state index in [1.165, 1.54) is 0 Å². The SMILES string of the molecule is O=C(COc1ccc2ncccc2c1)Nc1ccc(Oc2ccccc2)cc1. The number of anilines is 1. The van der Waals surface area contributed by atoms with Gasteiger partial charge < -0.3 is 14.8 Å². The first-order valence-corrected chi connectivity index (χ1v) is 8.87. The van der Waals surface area contributed by atoms with Gasteiger partial charge in [-0.15, -0.1) is 0 Å². The zero-order valence-corrected chi connectivity index (χ0v) is 15.0. The van der Waals surface area contributed by atoms with Crippen molar-refractivity contribution in [2.75, 3.05) is 11.9 Å². The van der Waals surface area contributed by atoms with Crippen molar-refractivity contribution in [1.82, 2.24) is 4.98 Å². The molecule has 3 aromatic carbocycles. The minimum atomic E-state index is -0.233. The van der Waals surface area contributed by atoms with E-state index < -0.39 is 0 Å². The summed E-state index contributed by atoms with van der Waals surface area (Å²) in [5, 5.41) is 3.78. The highest BCUT2D eigenvalue weighted by Gasteiger charge is 2.05. The van der Waals surface area contributed by atoms with Crippen LogP contribution < -0.4 is 14.8 Å². The average molecular weight is 370 g/mol. The molecular formula is C23H18N2O3. The Kier molecular flexibility index (Phi) is 5.15. The van der Waals surface area contributed by atoms with Crippen LogP contribution in [-0.2, 0) is 4.79 Å². The molecule has 1 N–H and O–H groups in total. The highest BCUT2D eigenvalue weighted by atomic mass is 16.5. The second-order valence-corrected chi connectivity index (χ2v) is 6.13. The molecule has 0 spiro atoms. The Morgan fingerprint density at radius 1 is 0.821 bits per heavy atom. The van der Waals surface area contributed by atoms with Crippen molar-refractivity contribution in [2.24, 2.45) is 0 Å². The van der Waals surface area contributed by atoms with E-state index in [0.29, 0.717) is 17.2 Å². The van der Waals surface area contributed by atoms with Crippen molar-refractivity contribution in [3.8, 4) is 17.2 Å². The maximum atomic E-state index is 12.1. The monoisotopic (exact) mass is 370 g/mol. The summed E-state index contributed by atoms with van der Waals surface area (Å²) in [6.07, 6.45) is 1.74. The van der Waals surface area contributed by atoms with Gasteiger partial charge in [-0.1, -0.05) is 24.3 Å². The van der Waals surface area contributed by atoms with E-state index in [9.17, 15) is 4.79 Å². The number of fused-ring (bicyclic) bond motifs is 1. The van der Waals surface area contributed by atoms with E-state index in [1.807, 2.05) is 54.6 Å². The van der Waals surface area contributed by atoms with Crippen molar-refractivity contribution < 1.29 is 14.3 Å². The minimum Gasteiger partial charge on any atom is -0.484 e. The van der Waals surface area contributed by atoms with E-state index in [4.69, 9.17) is 9.47 Å². The number of hydrogen-bond acceptors (Lipinski definition) is 4. The van der Waals surface area contributed by atoms with Crippen LogP contribution in [0.2, 0.25) is 0 Å². The van der Waals surface area contributed by atoms with Crippen molar-refractivity contribution >= 4 is 22.5 Å². The Labute approximate surface area is 162 Å². The predicted molar refractivity (Wildman–Crippen MR) is 109 cm³/mol. The highest BCUT2D eigenvalue weighted by molar-refractivity contribution is 5.92. The molecule has 1 heterocycles. The number of pyridine rings is 1. The van der Waals surface area contributed by atoms with Crippen molar-refractivity contribution in [3.05, 3.63) is 91.1 Å². The first-order chi connectivity index (χ1) is 13.8. The number of ether oxygens (including phenoxy) is 2. The van der Waals surface area contributed by atoms with E-state index >= 15 is 0 Å². The summed E-state index contributed by atoms with van der Waals surface area (Å²) in [5.41, 5.74) is 1.56. The molecule has 28 heavy (non-hydrogen) atoms. The molecule has 0 fully saturated rings. The largest absolute Gasteiger partial charge is 0.484 e. The van der Waals surface area contributed by atoms with Gasteiger partial charge in [0.15, 0.2) is 6.61 Å². The van der Waals surface area contributed by atoms with Crippen LogP contribution in [-0.4, -0.2) is 17.5 Å². The second-order valence-electron chi connectivity index (χ2n) is 6.13. The average Bonchev–Trinajstić information content (AvgIpc) is 2.74. The van der Waals surface area contributed by atoms with Crippen LogP contribution in [0.4, 0.5) is 5.69 Å². The Balaban J connectivity index is 1.31. The lowest BCUT2D eigenvalue weighted by Crippen LogP contribution is -2.20. The van der Waals surface area contributed by atoms with Crippen LogP contribution in [0.25, 0.3) is 10.9 Å². The molecule has 1 amide bonds. The molecule has 5 nitrogen and oxygen atoms in total. The summed E-state index contributed by atoms with van der Waals surface area (Å²) in [6, 6.07) is 26.1. The van der Waals surface area contributed by atoms with Gasteiger partial charge in [-0.25, -0.2) is 0 Å². The van der Waals surface area contributed by atoms with E-state index in [1.54, 1.807) is 36.5 Å². The van der Waals surface area contributed by atoms with Crippen molar-refractivity contribution in [3.63, 3.8) is 0 Å². The Hall–Kier alpha value is -3.86. The lowest BCUT2D eigenvalue weighted by Gasteiger charge is -2.09. The van der Waals surface area contributed by atoms with Gasteiger partial charge in [0.05, 0.1) is 5.52 Å². The topological polar surface area (TPSA) is 60.5 Å². The molecule has 0 saturated carbocycles. The Morgan fingerprint density at radius 3 is 2.39 bits per heavy atom. The van der Waals surface area contributed by atoms with Gasteiger partial charge in [-0.05, 0) is 60.7 Å². The molecule has 1 aromatic heterocycles. The maximum Gasteiger partial charge on any atom is 0.262 e. The summed E-state index contributed by atoms with van der Waals surface area (Å²) in [4.78, 5) is 16.4. The fourth-order valence-electron chi connectivity index (χ4n) is 2.72. The normalized spacial score (nSPS) is 10.4. The number of benzene rings is 3. The Morgan fingerprint density at radius 2 is 1.57 bits per heavy atom. The zero-order chi connectivity index (χ0) is 19.2. The molecule has 0 unspecified atom stereocenters. The third-order valence-corrected chi connectivity index (χ3v) is 4.06. The number of nitrogens with one attached hydrogen (secondary N) is 1. The zero-order valence-electron chi connectivity index (χ0n) is 15.0. The number of carbonyl (C=O) groups excluding carboxylic acids is 1. The smallest absolute Gasteiger partial charge is 0.262 e. The standard InChI is InChI=1S/C23H18N2O3/c26-23(16-27-21-12-13-22-17(15-21)5-4-14-24-22)25-18-8-10-20(11-9-18)28-19-6-2-1-3-7-19/h1-15H,16H2,(H,25,26). The first kappa shape index (κ1) is 17.5. The number of nitrogens with zero attached hydrogens (tertiary/aromatic N) is 1. The summed E-state index contributed by atoms with van der Waals surface area (Å²) in [5.74, 6) is 1.86. The number of amides is 1. The highest BCUT2D eigenvalue weighted by Crippen LogP contribution is 2.23. The van der Waals surface area contributed by atoms with Gasteiger partial charge in [-0.2, -0.15) is 0 Å². The molecule has 0 aliphatic carbocycles. The quantitative estimate of drug-likeness (QED) is 0.516. The molecule has 0 atom stereocenters. The number of para-hydroxylation sites is 1. The van der Waals surface area contributed by atoms with E-state index in [2.05, 4.69) is 10.3 Å². The fraction of sp³-hybridized carbons (Fsp3) is 0.0435. The molecule has 5 heteroatoms. The molecule has 0 saturated heterocycles. The predicted octanol–water partition coefficient (Wildman–Crippen LogP) is 5.04. The van der Waals surface area contributed by atoms with Crippen LogP contribution in [0.3, 0.4) is 0 Å². The van der Waals surface area contributed by atoms with E-state index in [-0.39, 0.29) is 12.5 Å². The summed E-state index contributed by atoms with van der Waals surface area (Å²) in [6.45, 7) is -0.0754. The molecular weight excluding hydrogens is 352 g/mol. The third kappa shape index (κ3) is 4.45. The molecule has 4 aromatic rings. The van der Waals surface area contributed by atoms with E-state index in [0.717, 1.165) is 16.7 Å². The first-order valence-electron chi connectivity index (χ1n) is 8.87. The number of hydrogen-bond donors (Lipinski definition) is 1. The van der Waals surface area contributed by atoms with Gasteiger partial charge >= 0.3 is 0 Å². The lowest BCUT2D eigenvalue weighted by atomic mass is 10.2. The second kappa shape index (κ2) is 8.22. The molecule has 0 bridgehead atoms. The van der Waals surface area contributed by atoms with Gasteiger partial charge in [0, 0.05) is 17.3 Å². The minimum absolute atomic E-state index is 0.0754. The van der Waals surface area contributed by atoms with Gasteiger partial charge in [0.2, 0.25) is 0 Å². The Bertz CT molecular complexity index is 1080. The van der Waals surface area contributed by atoms with Crippen LogP contribution >= 0.6 is 0 Å². The van der Waals surface area contributed by atoms with Crippen LogP contribution in [0.5, 0.6) is 17.2 Å². The molecule has 0 radical (unpaired) electrons. The fourth-order valence-corrected chi connectivity index (χ4v) is 2.72. The molecule has 0 aliphatic heterocycles. The lowest BCUT2D eigenvalue weighted by molar-refractivity contribution is -0.118. The van der Waals surface area contributed by atoms with Crippen molar-refractivity contribution in [2.45, 2.75) is 0 Å². The molecule has 4 rings (SSSR count). The number of carbonyl (C=O) groups is 1. The number of aromatic nitrogens is 1. The van der Waals surface area contributed by atoms with Gasteiger partial charge in [-0.3, -0.25) is 9.78 Å². The molecule has 0 aliphatic rings. The number of rotatable bonds is 6. The van der Waals surface area contributed by atoms with Crippen LogP contribution in [0, 0.1) is 0 Å². The third-order valence-electron chi connectivity index (χ3n) is 4.06. The maximum absolute atomic E-state index is 12.1. The summed E-state index contributed by atoms with van der Waals surface area (Å²) < 4.78 is 11.3. The summed E-state index contributed by atoms with van der Waals surface area (Å²) >= 11 is 0. The summed E-state index contributed by atoms with van der Waals surface area (Å²) in [7, 11) is 0. The van der Waals surface area contributed by atoms with Gasteiger partial charge in [0.25, 0.3) is 5.91 Å². The van der Waals surface area contributed by atoms with Crippen molar-refractivity contribution in [1.29, 1.82) is 0 Å². The van der Waals surface area contributed by atoms with Gasteiger partial charge in [0.1, 0.15) is 17.2 Å².